The summed E-state index contributed by atoms with van der Waals surface area (Å²) in [6, 6.07) is 5.13. The van der Waals surface area contributed by atoms with Gasteiger partial charge in [0.2, 0.25) is 0 Å². The van der Waals surface area contributed by atoms with Crippen molar-refractivity contribution in [2.45, 2.75) is 13.8 Å². The van der Waals surface area contributed by atoms with E-state index >= 15 is 0 Å². The SMILES string of the molecule is CC(=O)O.CC(=O)O.COc1ccc(C(=O)NCC2COCCN(C)C2)cc1OCCN. The van der Waals surface area contributed by atoms with Gasteiger partial charge in [0, 0.05) is 51.5 Å². The monoisotopic (exact) mass is 457 g/mol. The van der Waals surface area contributed by atoms with Crippen LogP contribution in [0, 0.1) is 5.92 Å². The number of benzene rings is 1. The van der Waals surface area contributed by atoms with E-state index in [0.29, 0.717) is 43.4 Å². The minimum atomic E-state index is -0.833. The summed E-state index contributed by atoms with van der Waals surface area (Å²) in [5.74, 6) is -0.415. The third kappa shape index (κ3) is 14.2. The number of amides is 1. The number of carboxylic acid groups (broad SMARTS) is 2. The first-order chi connectivity index (χ1) is 15.1. The Kier molecular flexibility index (Phi) is 15.2. The van der Waals surface area contributed by atoms with Crippen LogP contribution in [-0.2, 0) is 14.3 Å². The van der Waals surface area contributed by atoms with E-state index in [0.717, 1.165) is 33.5 Å². The second-order valence-electron chi connectivity index (χ2n) is 6.95. The fourth-order valence-corrected chi connectivity index (χ4v) is 2.62. The highest BCUT2D eigenvalue weighted by Crippen LogP contribution is 2.28. The minimum Gasteiger partial charge on any atom is -0.493 e. The lowest BCUT2D eigenvalue weighted by Crippen LogP contribution is -2.35. The number of rotatable bonds is 7. The number of nitrogens with zero attached hydrogens (tertiary/aromatic N) is 1. The van der Waals surface area contributed by atoms with E-state index in [9.17, 15) is 4.79 Å². The summed E-state index contributed by atoms with van der Waals surface area (Å²) in [6.45, 7) is 6.74. The Hall–Kier alpha value is -2.89. The number of nitrogens with one attached hydrogen (secondary N) is 1. The first-order valence-corrected chi connectivity index (χ1v) is 10.0. The molecular weight excluding hydrogens is 422 g/mol. The smallest absolute Gasteiger partial charge is 0.300 e. The Bertz CT molecular complexity index is 694. The van der Waals surface area contributed by atoms with Gasteiger partial charge in [-0.05, 0) is 25.2 Å². The van der Waals surface area contributed by atoms with Crippen molar-refractivity contribution in [3.05, 3.63) is 23.8 Å². The van der Waals surface area contributed by atoms with Gasteiger partial charge in [0.1, 0.15) is 6.61 Å². The van der Waals surface area contributed by atoms with Gasteiger partial charge >= 0.3 is 0 Å². The summed E-state index contributed by atoms with van der Waals surface area (Å²) in [7, 11) is 3.63. The second-order valence-corrected chi connectivity index (χ2v) is 6.95. The van der Waals surface area contributed by atoms with Crippen LogP contribution in [0.5, 0.6) is 11.5 Å². The fourth-order valence-electron chi connectivity index (χ4n) is 2.62. The molecule has 182 valence electrons. The summed E-state index contributed by atoms with van der Waals surface area (Å²) in [6.07, 6.45) is 0. The van der Waals surface area contributed by atoms with E-state index < -0.39 is 11.9 Å². The van der Waals surface area contributed by atoms with Crippen LogP contribution in [0.15, 0.2) is 18.2 Å². The molecule has 5 N–H and O–H groups in total. The molecule has 1 aromatic carbocycles. The number of carbonyl (C=O) groups excluding carboxylic acids is 1. The molecule has 11 heteroatoms. The molecule has 1 fully saturated rings. The fraction of sp³-hybridized carbons (Fsp3) is 0.571. The first kappa shape index (κ1) is 29.1. The Morgan fingerprint density at radius 2 is 1.84 bits per heavy atom. The van der Waals surface area contributed by atoms with Crippen LogP contribution in [0.2, 0.25) is 0 Å². The quantitative estimate of drug-likeness (QED) is 0.454. The van der Waals surface area contributed by atoms with Crippen molar-refractivity contribution in [2.24, 2.45) is 11.7 Å². The zero-order chi connectivity index (χ0) is 24.5. The van der Waals surface area contributed by atoms with Crippen LogP contribution >= 0.6 is 0 Å². The van der Waals surface area contributed by atoms with E-state index in [1.54, 1.807) is 25.3 Å². The van der Waals surface area contributed by atoms with Crippen molar-refractivity contribution >= 4 is 17.8 Å². The number of hydrogen-bond donors (Lipinski definition) is 4. The molecule has 1 heterocycles. The number of carbonyl (C=O) groups is 3. The van der Waals surface area contributed by atoms with Crippen molar-refractivity contribution in [3.63, 3.8) is 0 Å². The molecule has 1 aliphatic rings. The van der Waals surface area contributed by atoms with Crippen LogP contribution < -0.4 is 20.5 Å². The molecule has 1 unspecified atom stereocenters. The topological polar surface area (TPSA) is 161 Å². The maximum atomic E-state index is 12.4. The standard InChI is InChI=1S/C17H27N3O4.2C2H4O2/c1-20-6-8-23-12-13(11-20)10-19-17(21)14-3-4-15(22-2)16(9-14)24-7-5-18;2*1-2(3)4/h3-4,9,13H,5-8,10-12,18H2,1-2H3,(H,19,21);2*1H3,(H,3,4). The molecule has 0 aromatic heterocycles. The van der Waals surface area contributed by atoms with Crippen LogP contribution in [0.3, 0.4) is 0 Å². The highest BCUT2D eigenvalue weighted by Gasteiger charge is 2.18. The maximum Gasteiger partial charge on any atom is 0.300 e. The second kappa shape index (κ2) is 16.8. The predicted octanol–water partition coefficient (Wildman–Crippen LogP) is 0.523. The Labute approximate surface area is 188 Å². The lowest BCUT2D eigenvalue weighted by molar-refractivity contribution is -0.135. The van der Waals surface area contributed by atoms with E-state index in [1.807, 2.05) is 0 Å². The minimum absolute atomic E-state index is 0.137. The van der Waals surface area contributed by atoms with Gasteiger partial charge in [-0.1, -0.05) is 0 Å². The van der Waals surface area contributed by atoms with Gasteiger partial charge < -0.3 is 40.4 Å². The number of aliphatic carboxylic acids is 2. The molecule has 32 heavy (non-hydrogen) atoms. The Morgan fingerprint density at radius 3 is 2.41 bits per heavy atom. The molecule has 1 amide bonds. The molecule has 2 rings (SSSR count). The average molecular weight is 458 g/mol. The summed E-state index contributed by atoms with van der Waals surface area (Å²) in [5.41, 5.74) is 5.99. The van der Waals surface area contributed by atoms with Crippen molar-refractivity contribution in [1.82, 2.24) is 10.2 Å². The molecular formula is C21H35N3O8. The molecule has 1 aliphatic heterocycles. The van der Waals surface area contributed by atoms with E-state index in [4.69, 9.17) is 39.7 Å². The summed E-state index contributed by atoms with van der Waals surface area (Å²) < 4.78 is 16.3. The molecule has 0 saturated carbocycles. The number of methoxy groups -OCH3 is 1. The number of carboxylic acids is 2. The van der Waals surface area contributed by atoms with Gasteiger partial charge in [-0.25, -0.2) is 0 Å². The molecule has 0 aliphatic carbocycles. The number of hydrogen-bond acceptors (Lipinski definition) is 8. The lowest BCUT2D eigenvalue weighted by Gasteiger charge is -2.19. The average Bonchev–Trinajstić information content (AvgIpc) is 2.93. The number of ether oxygens (including phenoxy) is 3. The van der Waals surface area contributed by atoms with Crippen molar-refractivity contribution in [1.29, 1.82) is 0 Å². The largest absolute Gasteiger partial charge is 0.493 e. The molecule has 1 aromatic rings. The molecule has 11 nitrogen and oxygen atoms in total. The number of likely N-dealkylation sites (N-methyl/N-ethyl adjacent to an activating group) is 1. The van der Waals surface area contributed by atoms with Gasteiger partial charge in [0.15, 0.2) is 11.5 Å². The zero-order valence-corrected chi connectivity index (χ0v) is 19.1. The Balaban J connectivity index is 0.00000104. The van der Waals surface area contributed by atoms with Gasteiger partial charge in [-0.2, -0.15) is 0 Å². The van der Waals surface area contributed by atoms with Gasteiger partial charge in [-0.3, -0.25) is 14.4 Å². The summed E-state index contributed by atoms with van der Waals surface area (Å²) >= 11 is 0. The highest BCUT2D eigenvalue weighted by atomic mass is 16.5. The summed E-state index contributed by atoms with van der Waals surface area (Å²) in [5, 5.41) is 17.8. The lowest BCUT2D eigenvalue weighted by atomic mass is 10.1. The molecule has 1 saturated heterocycles. The maximum absolute atomic E-state index is 12.4. The summed E-state index contributed by atoms with van der Waals surface area (Å²) in [4.78, 5) is 32.6. The van der Waals surface area contributed by atoms with Crippen molar-refractivity contribution in [2.75, 3.05) is 60.2 Å². The van der Waals surface area contributed by atoms with E-state index in [1.165, 1.54) is 0 Å². The van der Waals surface area contributed by atoms with Gasteiger partial charge in [0.25, 0.3) is 17.8 Å². The van der Waals surface area contributed by atoms with Crippen LogP contribution in [-0.4, -0.2) is 93.1 Å². The van der Waals surface area contributed by atoms with E-state index in [2.05, 4.69) is 17.3 Å². The number of nitrogens with two attached hydrogens (primary N) is 1. The molecule has 1 atom stereocenters. The zero-order valence-electron chi connectivity index (χ0n) is 19.1. The first-order valence-electron chi connectivity index (χ1n) is 10.0. The predicted molar refractivity (Wildman–Crippen MR) is 118 cm³/mol. The third-order valence-electron chi connectivity index (χ3n) is 3.89. The van der Waals surface area contributed by atoms with Gasteiger partial charge in [0.05, 0.1) is 20.3 Å². The molecule has 0 bridgehead atoms. The normalized spacial score (nSPS) is 15.6. The Morgan fingerprint density at radius 1 is 1.22 bits per heavy atom. The van der Waals surface area contributed by atoms with Gasteiger partial charge in [-0.15, -0.1) is 0 Å². The molecule has 0 radical (unpaired) electrons. The van der Waals surface area contributed by atoms with Crippen LogP contribution in [0.1, 0.15) is 24.2 Å². The van der Waals surface area contributed by atoms with Crippen LogP contribution in [0.4, 0.5) is 0 Å². The third-order valence-corrected chi connectivity index (χ3v) is 3.89. The van der Waals surface area contributed by atoms with Crippen molar-refractivity contribution in [3.8, 4) is 11.5 Å². The van der Waals surface area contributed by atoms with E-state index in [-0.39, 0.29) is 11.8 Å². The van der Waals surface area contributed by atoms with Crippen molar-refractivity contribution < 1.29 is 38.8 Å². The highest BCUT2D eigenvalue weighted by molar-refractivity contribution is 5.94. The molecule has 0 spiro atoms. The van der Waals surface area contributed by atoms with Crippen LogP contribution in [0.25, 0.3) is 0 Å².